The second kappa shape index (κ2) is 7.21. The summed E-state index contributed by atoms with van der Waals surface area (Å²) in [5.41, 5.74) is -0.947. The minimum absolute atomic E-state index is 0.0193. The first-order valence-electron chi connectivity index (χ1n) is 8.63. The van der Waals surface area contributed by atoms with E-state index in [1.165, 1.54) is 13.0 Å². The van der Waals surface area contributed by atoms with Gasteiger partial charge in [-0.1, -0.05) is 12.1 Å². The molecule has 1 aliphatic rings. The Hall–Kier alpha value is -2.27. The Balaban J connectivity index is 2.11. The molecule has 1 N–H and O–H groups in total. The van der Waals surface area contributed by atoms with Gasteiger partial charge in [0.15, 0.2) is 0 Å². The summed E-state index contributed by atoms with van der Waals surface area (Å²) in [6.07, 6.45) is -4.49. The summed E-state index contributed by atoms with van der Waals surface area (Å²) < 4.78 is 93.2. The van der Waals surface area contributed by atoms with E-state index in [9.17, 15) is 30.0 Å². The lowest BCUT2D eigenvalue weighted by Gasteiger charge is -2.21. The lowest BCUT2D eigenvalue weighted by molar-refractivity contribution is -0.136. The van der Waals surface area contributed by atoms with Gasteiger partial charge in [0, 0.05) is 6.54 Å². The van der Waals surface area contributed by atoms with E-state index in [1.807, 2.05) is 4.72 Å². The van der Waals surface area contributed by atoms with E-state index in [1.54, 1.807) is 19.1 Å². The van der Waals surface area contributed by atoms with Crippen LogP contribution in [0.5, 0.6) is 0 Å². The number of alkyl halides is 3. The minimum Gasteiger partial charge on any atom is -0.279 e. The summed E-state index contributed by atoms with van der Waals surface area (Å²) in [6.45, 7) is 3.32. The molecule has 0 bridgehead atoms. The molecule has 0 unspecified atom stereocenters. The predicted molar refractivity (Wildman–Crippen MR) is 104 cm³/mol. The van der Waals surface area contributed by atoms with Crippen LogP contribution in [0, 0.1) is 13.8 Å². The van der Waals surface area contributed by atoms with Crippen molar-refractivity contribution in [3.8, 4) is 0 Å². The maximum Gasteiger partial charge on any atom is 0.418 e. The van der Waals surface area contributed by atoms with Gasteiger partial charge in [-0.05, 0) is 55.7 Å². The molecule has 3 rings (SSSR count). The molecule has 0 aromatic heterocycles. The third-order valence-corrected chi connectivity index (χ3v) is 7.95. The lowest BCUT2D eigenvalue weighted by Crippen LogP contribution is -2.26. The topological polar surface area (TPSA) is 83.6 Å². The van der Waals surface area contributed by atoms with Crippen LogP contribution in [0.25, 0.3) is 0 Å². The molecule has 6 nitrogen and oxygen atoms in total. The molecule has 0 spiro atoms. The molecule has 1 fully saturated rings. The molecule has 2 aromatic carbocycles. The number of rotatable bonds is 4. The van der Waals surface area contributed by atoms with E-state index < -0.39 is 37.5 Å². The highest BCUT2D eigenvalue weighted by molar-refractivity contribution is 7.93. The smallest absolute Gasteiger partial charge is 0.279 e. The summed E-state index contributed by atoms with van der Waals surface area (Å²) >= 11 is 0. The van der Waals surface area contributed by atoms with Gasteiger partial charge in [0.05, 0.1) is 27.6 Å². The van der Waals surface area contributed by atoms with Crippen molar-refractivity contribution < 1.29 is 30.0 Å². The Labute approximate surface area is 167 Å². The zero-order chi connectivity index (χ0) is 21.6. The SMILES string of the molecule is Cc1ccc(C)c(S(=O)(=O)Nc2cc(N3CCCS3(=O)=O)ccc2C(F)(F)F)c1. The Kier molecular flexibility index (Phi) is 5.33. The lowest BCUT2D eigenvalue weighted by atomic mass is 10.1. The molecule has 1 aliphatic heterocycles. The molecule has 0 radical (unpaired) electrons. The number of nitrogens with one attached hydrogen (secondary N) is 1. The van der Waals surface area contributed by atoms with Crippen molar-refractivity contribution in [3.63, 3.8) is 0 Å². The van der Waals surface area contributed by atoms with Gasteiger partial charge in [-0.2, -0.15) is 13.2 Å². The van der Waals surface area contributed by atoms with Crippen molar-refractivity contribution in [3.05, 3.63) is 53.1 Å². The molecule has 2 aromatic rings. The predicted octanol–water partition coefficient (Wildman–Crippen LogP) is 3.66. The minimum atomic E-state index is -4.83. The van der Waals surface area contributed by atoms with E-state index in [-0.39, 0.29) is 22.9 Å². The molecule has 11 heteroatoms. The van der Waals surface area contributed by atoms with Crippen LogP contribution in [0.15, 0.2) is 41.3 Å². The molecule has 0 amide bonds. The molecular formula is C18H19F3N2O4S2. The monoisotopic (exact) mass is 448 g/mol. The number of hydrogen-bond acceptors (Lipinski definition) is 4. The molecule has 0 saturated carbocycles. The number of halogens is 3. The Morgan fingerprint density at radius 3 is 2.34 bits per heavy atom. The van der Waals surface area contributed by atoms with E-state index in [0.717, 1.165) is 16.4 Å². The maximum absolute atomic E-state index is 13.5. The average molecular weight is 448 g/mol. The summed E-state index contributed by atoms with van der Waals surface area (Å²) in [5, 5.41) is 0. The van der Waals surface area contributed by atoms with Crippen LogP contribution in [-0.2, 0) is 26.2 Å². The molecule has 1 heterocycles. The fourth-order valence-corrected chi connectivity index (χ4v) is 6.10. The third-order valence-electron chi connectivity index (χ3n) is 4.57. The van der Waals surface area contributed by atoms with Crippen LogP contribution >= 0.6 is 0 Å². The van der Waals surface area contributed by atoms with Crippen molar-refractivity contribution >= 4 is 31.4 Å². The number of hydrogen-bond donors (Lipinski definition) is 1. The van der Waals surface area contributed by atoms with E-state index >= 15 is 0 Å². The van der Waals surface area contributed by atoms with Gasteiger partial charge in [0.25, 0.3) is 10.0 Å². The second-order valence-electron chi connectivity index (χ2n) is 6.84. The fraction of sp³-hybridized carbons (Fsp3) is 0.333. The quantitative estimate of drug-likeness (QED) is 0.774. The number of anilines is 2. The molecule has 158 valence electrons. The number of sulfonamides is 2. The van der Waals surface area contributed by atoms with Crippen LogP contribution in [-0.4, -0.2) is 29.1 Å². The van der Waals surface area contributed by atoms with Crippen LogP contribution in [0.4, 0.5) is 24.5 Å². The number of aryl methyl sites for hydroxylation is 2. The molecule has 0 atom stereocenters. The van der Waals surface area contributed by atoms with Crippen molar-refractivity contribution in [1.29, 1.82) is 0 Å². The van der Waals surface area contributed by atoms with Crippen LogP contribution in [0.2, 0.25) is 0 Å². The van der Waals surface area contributed by atoms with Gasteiger partial charge in [-0.15, -0.1) is 0 Å². The number of nitrogens with zero attached hydrogens (tertiary/aromatic N) is 1. The second-order valence-corrected chi connectivity index (χ2v) is 10.5. The summed E-state index contributed by atoms with van der Waals surface area (Å²) in [5.74, 6) is -0.114. The molecule has 29 heavy (non-hydrogen) atoms. The van der Waals surface area contributed by atoms with E-state index in [4.69, 9.17) is 0 Å². The first-order chi connectivity index (χ1) is 13.3. The highest BCUT2D eigenvalue weighted by atomic mass is 32.2. The van der Waals surface area contributed by atoms with Gasteiger partial charge < -0.3 is 0 Å². The maximum atomic E-state index is 13.5. The van der Waals surface area contributed by atoms with E-state index in [0.29, 0.717) is 23.6 Å². The van der Waals surface area contributed by atoms with Crippen LogP contribution in [0.3, 0.4) is 0 Å². The van der Waals surface area contributed by atoms with Crippen molar-refractivity contribution in [2.75, 3.05) is 21.3 Å². The average Bonchev–Trinajstić information content (AvgIpc) is 2.94. The molecular weight excluding hydrogens is 429 g/mol. The summed E-state index contributed by atoms with van der Waals surface area (Å²) in [7, 11) is -7.97. The zero-order valence-corrected chi connectivity index (χ0v) is 17.2. The van der Waals surface area contributed by atoms with Gasteiger partial charge in [-0.3, -0.25) is 9.03 Å². The Morgan fingerprint density at radius 2 is 1.76 bits per heavy atom. The number of benzene rings is 2. The Morgan fingerprint density at radius 1 is 1.07 bits per heavy atom. The van der Waals surface area contributed by atoms with E-state index in [2.05, 4.69) is 0 Å². The first-order valence-corrected chi connectivity index (χ1v) is 11.7. The fourth-order valence-electron chi connectivity index (χ4n) is 3.15. The Bertz CT molecular complexity index is 1160. The largest absolute Gasteiger partial charge is 0.418 e. The van der Waals surface area contributed by atoms with Crippen molar-refractivity contribution in [1.82, 2.24) is 0 Å². The van der Waals surface area contributed by atoms with Gasteiger partial charge in [0.2, 0.25) is 10.0 Å². The van der Waals surface area contributed by atoms with Gasteiger partial charge in [0.1, 0.15) is 0 Å². The normalized spacial score (nSPS) is 16.8. The standard InChI is InChI=1S/C18H19F3N2O4S2/c1-12-4-5-13(2)17(10-12)29(26,27)22-16-11-14(6-7-15(16)18(19,20)21)23-8-3-9-28(23,24)25/h4-7,10-11,22H,3,8-9H2,1-2H3. The van der Waals surface area contributed by atoms with Gasteiger partial charge in [-0.25, -0.2) is 16.8 Å². The highest BCUT2D eigenvalue weighted by Crippen LogP contribution is 2.39. The molecule has 1 saturated heterocycles. The third kappa shape index (κ3) is 4.35. The first kappa shape index (κ1) is 21.4. The van der Waals surface area contributed by atoms with Crippen LogP contribution in [0.1, 0.15) is 23.1 Å². The van der Waals surface area contributed by atoms with Crippen LogP contribution < -0.4 is 9.03 Å². The van der Waals surface area contributed by atoms with Crippen molar-refractivity contribution in [2.24, 2.45) is 0 Å². The zero-order valence-electron chi connectivity index (χ0n) is 15.6. The van der Waals surface area contributed by atoms with Crippen molar-refractivity contribution in [2.45, 2.75) is 31.3 Å². The highest BCUT2D eigenvalue weighted by Gasteiger charge is 2.36. The summed E-state index contributed by atoms with van der Waals surface area (Å²) in [4.78, 5) is -0.148. The molecule has 0 aliphatic carbocycles. The summed E-state index contributed by atoms with van der Waals surface area (Å²) in [6, 6.07) is 7.23. The van der Waals surface area contributed by atoms with Gasteiger partial charge >= 0.3 is 6.18 Å².